The van der Waals surface area contributed by atoms with Crippen LogP contribution >= 0.6 is 0 Å². The van der Waals surface area contributed by atoms with Crippen LogP contribution in [-0.2, 0) is 4.79 Å². The lowest BCUT2D eigenvalue weighted by Crippen LogP contribution is -2.26. The molecule has 118 valence electrons. The second kappa shape index (κ2) is 6.93. The van der Waals surface area contributed by atoms with Gasteiger partial charge in [-0.3, -0.25) is 4.79 Å². The Kier molecular flexibility index (Phi) is 4.98. The van der Waals surface area contributed by atoms with Crippen LogP contribution in [0.15, 0.2) is 28.2 Å². The molecule has 22 heavy (non-hydrogen) atoms. The van der Waals surface area contributed by atoms with Crippen molar-refractivity contribution in [3.63, 3.8) is 0 Å². The highest BCUT2D eigenvalue weighted by molar-refractivity contribution is 5.95. The van der Waals surface area contributed by atoms with E-state index in [-0.39, 0.29) is 23.7 Å². The Bertz CT molecular complexity index is 612. The number of anilines is 1. The highest BCUT2D eigenvalue weighted by Gasteiger charge is 2.22. The molecule has 7 N–H and O–H groups in total. The average Bonchev–Trinajstić information content (AvgIpc) is 2.95. The van der Waals surface area contributed by atoms with E-state index in [4.69, 9.17) is 17.2 Å². The molecule has 1 aromatic carbocycles. The average molecular weight is 302 g/mol. The van der Waals surface area contributed by atoms with Crippen molar-refractivity contribution in [3.8, 4) is 0 Å². The first-order chi connectivity index (χ1) is 10.5. The van der Waals surface area contributed by atoms with Crippen LogP contribution in [0.25, 0.3) is 0 Å². The first kappa shape index (κ1) is 15.8. The van der Waals surface area contributed by atoms with Crippen LogP contribution in [0.3, 0.4) is 0 Å². The molecule has 0 bridgehead atoms. The molecule has 0 radical (unpaired) electrons. The van der Waals surface area contributed by atoms with Crippen LogP contribution in [0.2, 0.25) is 0 Å². The molecule has 1 saturated carbocycles. The lowest BCUT2D eigenvalue weighted by molar-refractivity contribution is -0.119. The zero-order valence-electron chi connectivity index (χ0n) is 12.7. The Labute approximate surface area is 129 Å². The first-order valence-corrected chi connectivity index (χ1v) is 7.31. The predicted molar refractivity (Wildman–Crippen MR) is 88.9 cm³/mol. The van der Waals surface area contributed by atoms with E-state index in [1.165, 1.54) is 0 Å². The zero-order valence-corrected chi connectivity index (χ0v) is 12.7. The fourth-order valence-corrected chi connectivity index (χ4v) is 2.53. The monoisotopic (exact) mass is 302 g/mol. The molecular weight excluding hydrogens is 280 g/mol. The van der Waals surface area contributed by atoms with Gasteiger partial charge < -0.3 is 22.5 Å². The van der Waals surface area contributed by atoms with Crippen LogP contribution in [0.4, 0.5) is 11.4 Å². The number of carbonyl (C=O) groups excluding carboxylic acids is 1. The summed E-state index contributed by atoms with van der Waals surface area (Å²) in [4.78, 5) is 20.0. The minimum atomic E-state index is -0.150. The lowest BCUT2D eigenvalue weighted by atomic mass is 10.1. The third-order valence-electron chi connectivity index (χ3n) is 3.69. The number of hydrogen-bond acceptors (Lipinski definition) is 2. The summed E-state index contributed by atoms with van der Waals surface area (Å²) in [5.74, 6) is -0.00256. The fourth-order valence-electron chi connectivity index (χ4n) is 2.53. The third-order valence-corrected chi connectivity index (χ3v) is 3.69. The van der Waals surface area contributed by atoms with Gasteiger partial charge in [0.05, 0.1) is 5.69 Å². The number of rotatable bonds is 3. The topological polar surface area (TPSA) is 132 Å². The molecule has 7 nitrogen and oxygen atoms in total. The van der Waals surface area contributed by atoms with Crippen LogP contribution in [0, 0.1) is 12.8 Å². The highest BCUT2D eigenvalue weighted by atomic mass is 16.1. The SMILES string of the molecule is Cc1ccc(N=C(N)N=C(N)N)cc1NC(=O)C1CCCC1. The summed E-state index contributed by atoms with van der Waals surface area (Å²) >= 11 is 0. The van der Waals surface area contributed by atoms with Crippen molar-refractivity contribution in [1.29, 1.82) is 0 Å². The highest BCUT2D eigenvalue weighted by Crippen LogP contribution is 2.28. The third kappa shape index (κ3) is 4.21. The van der Waals surface area contributed by atoms with Gasteiger partial charge in [-0.1, -0.05) is 18.9 Å². The molecule has 2 rings (SSSR count). The molecule has 0 heterocycles. The molecule has 1 aliphatic rings. The molecule has 0 spiro atoms. The number of guanidine groups is 2. The van der Waals surface area contributed by atoms with Crippen molar-refractivity contribution >= 4 is 29.2 Å². The number of benzene rings is 1. The number of nitrogens with two attached hydrogens (primary N) is 3. The molecule has 1 fully saturated rings. The van der Waals surface area contributed by atoms with Crippen LogP contribution < -0.4 is 22.5 Å². The maximum absolute atomic E-state index is 12.2. The van der Waals surface area contributed by atoms with Crippen LogP contribution in [0.1, 0.15) is 31.2 Å². The molecule has 0 atom stereocenters. The zero-order chi connectivity index (χ0) is 16.1. The van der Waals surface area contributed by atoms with E-state index in [0.29, 0.717) is 5.69 Å². The maximum Gasteiger partial charge on any atom is 0.227 e. The summed E-state index contributed by atoms with van der Waals surface area (Å²) in [6.45, 7) is 1.93. The summed E-state index contributed by atoms with van der Waals surface area (Å²) in [7, 11) is 0. The van der Waals surface area contributed by atoms with E-state index >= 15 is 0 Å². The molecular formula is C15H22N6O. The van der Waals surface area contributed by atoms with Crippen molar-refractivity contribution < 1.29 is 4.79 Å². The van der Waals surface area contributed by atoms with Crippen LogP contribution in [0.5, 0.6) is 0 Å². The number of aliphatic imine (C=N–C) groups is 2. The Morgan fingerprint density at radius 2 is 1.91 bits per heavy atom. The second-order valence-corrected chi connectivity index (χ2v) is 5.48. The summed E-state index contributed by atoms with van der Waals surface area (Å²) in [6.07, 6.45) is 4.16. The quantitative estimate of drug-likeness (QED) is 0.495. The summed E-state index contributed by atoms with van der Waals surface area (Å²) in [5.41, 5.74) is 18.4. The number of nitrogens with zero attached hydrogens (tertiary/aromatic N) is 2. The van der Waals surface area contributed by atoms with Crippen molar-refractivity contribution in [2.75, 3.05) is 5.32 Å². The van der Waals surface area contributed by atoms with Gasteiger partial charge in [-0.15, -0.1) is 0 Å². The molecule has 7 heteroatoms. The van der Waals surface area contributed by atoms with Gasteiger partial charge >= 0.3 is 0 Å². The maximum atomic E-state index is 12.2. The summed E-state index contributed by atoms with van der Waals surface area (Å²) in [6, 6.07) is 5.42. The summed E-state index contributed by atoms with van der Waals surface area (Å²) in [5, 5.41) is 2.97. The first-order valence-electron chi connectivity index (χ1n) is 7.31. The normalized spacial score (nSPS) is 15.6. The smallest absolute Gasteiger partial charge is 0.227 e. The number of aryl methyl sites for hydroxylation is 1. The van der Waals surface area contributed by atoms with E-state index in [1.807, 2.05) is 13.0 Å². The molecule has 1 aliphatic carbocycles. The van der Waals surface area contributed by atoms with E-state index in [9.17, 15) is 4.79 Å². The van der Waals surface area contributed by atoms with Gasteiger partial charge in [0.15, 0.2) is 5.96 Å². The molecule has 1 aromatic rings. The Balaban J connectivity index is 2.16. The minimum Gasteiger partial charge on any atom is -0.370 e. The second-order valence-electron chi connectivity index (χ2n) is 5.48. The van der Waals surface area contributed by atoms with Gasteiger partial charge in [0.25, 0.3) is 0 Å². The van der Waals surface area contributed by atoms with Gasteiger partial charge in [-0.05, 0) is 37.5 Å². The Morgan fingerprint density at radius 1 is 1.23 bits per heavy atom. The van der Waals surface area contributed by atoms with Crippen molar-refractivity contribution in [2.24, 2.45) is 33.1 Å². The van der Waals surface area contributed by atoms with E-state index in [0.717, 1.165) is 36.9 Å². The summed E-state index contributed by atoms with van der Waals surface area (Å²) < 4.78 is 0. The molecule has 0 unspecified atom stereocenters. The molecule has 0 aliphatic heterocycles. The number of hydrogen-bond donors (Lipinski definition) is 4. The lowest BCUT2D eigenvalue weighted by Gasteiger charge is -2.13. The predicted octanol–water partition coefficient (Wildman–Crippen LogP) is 1.34. The fraction of sp³-hybridized carbons (Fsp3) is 0.400. The van der Waals surface area contributed by atoms with Gasteiger partial charge in [-0.2, -0.15) is 4.99 Å². The molecule has 0 saturated heterocycles. The number of amides is 1. The standard InChI is InChI=1S/C15H22N6O/c1-9-6-7-11(19-15(18)21-14(16)17)8-12(9)20-13(22)10-4-2-3-5-10/h6-8,10H,2-5H2,1H3,(H,20,22)(H6,16,17,18,19,21). The van der Waals surface area contributed by atoms with E-state index < -0.39 is 0 Å². The largest absolute Gasteiger partial charge is 0.370 e. The Hall–Kier alpha value is -2.57. The van der Waals surface area contributed by atoms with E-state index in [1.54, 1.807) is 12.1 Å². The van der Waals surface area contributed by atoms with Gasteiger partial charge in [0.1, 0.15) is 0 Å². The molecule has 1 amide bonds. The van der Waals surface area contributed by atoms with Gasteiger partial charge in [0.2, 0.25) is 11.9 Å². The minimum absolute atomic E-state index is 0.0306. The van der Waals surface area contributed by atoms with Crippen molar-refractivity contribution in [3.05, 3.63) is 23.8 Å². The Morgan fingerprint density at radius 3 is 2.55 bits per heavy atom. The van der Waals surface area contributed by atoms with Crippen molar-refractivity contribution in [2.45, 2.75) is 32.6 Å². The van der Waals surface area contributed by atoms with Crippen molar-refractivity contribution in [1.82, 2.24) is 0 Å². The van der Waals surface area contributed by atoms with Crippen LogP contribution in [-0.4, -0.2) is 17.8 Å². The van der Waals surface area contributed by atoms with Gasteiger partial charge in [-0.25, -0.2) is 4.99 Å². The van der Waals surface area contributed by atoms with Gasteiger partial charge in [0, 0.05) is 11.6 Å². The molecule has 0 aromatic heterocycles. The number of carbonyl (C=O) groups is 1. The number of nitrogens with one attached hydrogen (secondary N) is 1. The van der Waals surface area contributed by atoms with E-state index in [2.05, 4.69) is 15.3 Å².